The van der Waals surface area contributed by atoms with E-state index in [1.54, 1.807) is 24.3 Å². The second kappa shape index (κ2) is 10.6. The van der Waals surface area contributed by atoms with Crippen molar-refractivity contribution in [3.05, 3.63) is 89.4 Å². The number of anilines is 1. The molecule has 7 heteroatoms. The fourth-order valence-corrected chi connectivity index (χ4v) is 5.79. The van der Waals surface area contributed by atoms with Crippen molar-refractivity contribution >= 4 is 27.3 Å². The van der Waals surface area contributed by atoms with Crippen LogP contribution in [0.4, 0.5) is 5.69 Å². The van der Waals surface area contributed by atoms with Gasteiger partial charge in [0.2, 0.25) is 0 Å². The first-order chi connectivity index (χ1) is 15.9. The van der Waals surface area contributed by atoms with E-state index in [1.165, 1.54) is 29.3 Å². The van der Waals surface area contributed by atoms with Crippen LogP contribution in [0, 0.1) is 0 Å². The van der Waals surface area contributed by atoms with E-state index in [4.69, 9.17) is 16.3 Å². The summed E-state index contributed by atoms with van der Waals surface area (Å²) in [5, 5.41) is 0.492. The fourth-order valence-electron chi connectivity index (χ4n) is 4.22. The fraction of sp³-hybridized carbons (Fsp3) is 0.308. The van der Waals surface area contributed by atoms with Gasteiger partial charge in [-0.25, -0.2) is 8.42 Å². The summed E-state index contributed by atoms with van der Waals surface area (Å²) in [4.78, 5) is 2.57. The van der Waals surface area contributed by atoms with Gasteiger partial charge in [-0.2, -0.15) is 0 Å². The normalized spacial score (nSPS) is 16.6. The minimum absolute atomic E-state index is 0.161. The van der Waals surface area contributed by atoms with E-state index in [1.807, 2.05) is 42.5 Å². The van der Waals surface area contributed by atoms with Crippen molar-refractivity contribution < 1.29 is 13.2 Å². The monoisotopic (exact) mass is 484 g/mol. The number of likely N-dealkylation sites (tertiary alicyclic amines) is 1. The molecule has 0 amide bonds. The smallest absolute Gasteiger partial charge is 0.264 e. The molecule has 1 heterocycles. The molecule has 0 bridgehead atoms. The summed E-state index contributed by atoms with van der Waals surface area (Å²) in [6, 6.07) is 23.6. The summed E-state index contributed by atoms with van der Waals surface area (Å²) in [6.45, 7) is 1.89. The molecule has 5 nitrogen and oxygen atoms in total. The molecular formula is C26H29ClN2O3S. The van der Waals surface area contributed by atoms with Crippen LogP contribution in [-0.4, -0.2) is 39.6 Å². The van der Waals surface area contributed by atoms with Gasteiger partial charge in [-0.15, -0.1) is 0 Å². The predicted octanol–water partition coefficient (Wildman–Crippen LogP) is 5.60. The van der Waals surface area contributed by atoms with Crippen LogP contribution in [-0.2, 0) is 16.6 Å². The van der Waals surface area contributed by atoms with E-state index in [0.29, 0.717) is 29.1 Å². The van der Waals surface area contributed by atoms with Crippen molar-refractivity contribution in [2.75, 3.05) is 24.5 Å². The first-order valence-corrected chi connectivity index (χ1v) is 13.0. The molecule has 4 rings (SSSR count). The average Bonchev–Trinajstić information content (AvgIpc) is 3.23. The van der Waals surface area contributed by atoms with Crippen molar-refractivity contribution in [2.24, 2.45) is 0 Å². The van der Waals surface area contributed by atoms with Gasteiger partial charge in [-0.3, -0.25) is 4.31 Å². The Labute approximate surface area is 201 Å². The number of rotatable bonds is 9. The lowest BCUT2D eigenvalue weighted by atomic mass is 10.1. The molecule has 0 saturated carbocycles. The first-order valence-electron chi connectivity index (χ1n) is 11.2. The Morgan fingerprint density at radius 2 is 1.70 bits per heavy atom. The zero-order chi connectivity index (χ0) is 23.3. The van der Waals surface area contributed by atoms with E-state index in [2.05, 4.69) is 11.9 Å². The van der Waals surface area contributed by atoms with Crippen molar-refractivity contribution in [1.29, 1.82) is 0 Å². The minimum Gasteiger partial charge on any atom is -0.493 e. The summed E-state index contributed by atoms with van der Waals surface area (Å²) in [6.07, 6.45) is 3.38. The molecule has 3 aromatic carbocycles. The Hall–Kier alpha value is -2.54. The van der Waals surface area contributed by atoms with Crippen LogP contribution in [0.15, 0.2) is 83.8 Å². The van der Waals surface area contributed by atoms with Crippen LogP contribution >= 0.6 is 11.6 Å². The lowest BCUT2D eigenvalue weighted by Crippen LogP contribution is -2.31. The van der Waals surface area contributed by atoms with Gasteiger partial charge in [-0.05, 0) is 75.3 Å². The first kappa shape index (κ1) is 23.6. The third kappa shape index (κ3) is 5.69. The number of benzene rings is 3. The molecule has 1 aliphatic rings. The molecule has 1 fully saturated rings. The molecule has 1 atom stereocenters. The van der Waals surface area contributed by atoms with Gasteiger partial charge in [-0.1, -0.05) is 48.0 Å². The van der Waals surface area contributed by atoms with Crippen molar-refractivity contribution in [2.45, 2.75) is 36.7 Å². The van der Waals surface area contributed by atoms with Gasteiger partial charge in [0, 0.05) is 16.6 Å². The molecule has 0 aliphatic carbocycles. The summed E-state index contributed by atoms with van der Waals surface area (Å²) in [5.74, 6) is 0.713. The Morgan fingerprint density at radius 1 is 1.00 bits per heavy atom. The number of hydrogen-bond donors (Lipinski definition) is 0. The summed E-state index contributed by atoms with van der Waals surface area (Å²) >= 11 is 5.99. The number of hydrogen-bond acceptors (Lipinski definition) is 4. The van der Waals surface area contributed by atoms with Gasteiger partial charge in [0.05, 0.1) is 23.7 Å². The maximum Gasteiger partial charge on any atom is 0.264 e. The summed E-state index contributed by atoms with van der Waals surface area (Å²) in [7, 11) is -1.66. The van der Waals surface area contributed by atoms with E-state index in [9.17, 15) is 8.42 Å². The van der Waals surface area contributed by atoms with Crippen molar-refractivity contribution in [1.82, 2.24) is 4.90 Å². The van der Waals surface area contributed by atoms with Gasteiger partial charge in [0.15, 0.2) is 0 Å². The lowest BCUT2D eigenvalue weighted by Gasteiger charge is -2.26. The molecule has 0 aromatic heterocycles. The molecule has 1 aliphatic heterocycles. The molecule has 1 unspecified atom stereocenters. The Morgan fingerprint density at radius 3 is 2.39 bits per heavy atom. The highest BCUT2D eigenvalue weighted by atomic mass is 35.5. The molecule has 0 spiro atoms. The molecule has 0 radical (unpaired) electrons. The number of nitrogens with zero attached hydrogens (tertiary/aromatic N) is 2. The minimum atomic E-state index is -3.81. The second-order valence-electron chi connectivity index (χ2n) is 8.32. The van der Waals surface area contributed by atoms with Crippen LogP contribution < -0.4 is 9.04 Å². The van der Waals surface area contributed by atoms with Crippen LogP contribution in [0.25, 0.3) is 0 Å². The van der Waals surface area contributed by atoms with E-state index >= 15 is 0 Å². The molecule has 174 valence electrons. The topological polar surface area (TPSA) is 49.9 Å². The molecule has 1 saturated heterocycles. The highest BCUT2D eigenvalue weighted by molar-refractivity contribution is 7.92. The molecule has 33 heavy (non-hydrogen) atoms. The van der Waals surface area contributed by atoms with Crippen molar-refractivity contribution in [3.63, 3.8) is 0 Å². The van der Waals surface area contributed by atoms with Crippen molar-refractivity contribution in [3.8, 4) is 5.75 Å². The van der Waals surface area contributed by atoms with E-state index < -0.39 is 10.0 Å². The van der Waals surface area contributed by atoms with Gasteiger partial charge in [0.1, 0.15) is 5.75 Å². The third-order valence-corrected chi connectivity index (χ3v) is 8.15. The van der Waals surface area contributed by atoms with E-state index in [-0.39, 0.29) is 11.4 Å². The van der Waals surface area contributed by atoms with Gasteiger partial charge >= 0.3 is 0 Å². The Bertz CT molecular complexity index is 1150. The van der Waals surface area contributed by atoms with E-state index in [0.717, 1.165) is 18.5 Å². The molecule has 3 aromatic rings. The highest BCUT2D eigenvalue weighted by Crippen LogP contribution is 2.30. The maximum atomic E-state index is 13.6. The van der Waals surface area contributed by atoms with Crippen LogP contribution in [0.3, 0.4) is 0 Å². The van der Waals surface area contributed by atoms with Gasteiger partial charge in [0.25, 0.3) is 10.0 Å². The maximum absolute atomic E-state index is 13.6. The standard InChI is InChI=1S/C26H29ClN2O3S/c1-28-18-7-11-23(28)17-19-32-26-12-6-5-8-21(26)20-29(24-9-3-2-4-10-24)33(30,31)25-15-13-22(27)14-16-25/h2-6,8-10,12-16,23H,7,11,17-20H2,1H3. The third-order valence-electron chi connectivity index (χ3n) is 6.11. The number of halogens is 1. The number of para-hydroxylation sites is 2. The SMILES string of the molecule is CN1CCCC1CCOc1ccccc1CN(c1ccccc1)S(=O)(=O)c1ccc(Cl)cc1. The number of sulfonamides is 1. The van der Waals surface area contributed by atoms with Crippen LogP contribution in [0.1, 0.15) is 24.8 Å². The largest absolute Gasteiger partial charge is 0.493 e. The van der Waals surface area contributed by atoms with Crippen LogP contribution in [0.2, 0.25) is 5.02 Å². The number of ether oxygens (including phenoxy) is 1. The van der Waals surface area contributed by atoms with Gasteiger partial charge < -0.3 is 9.64 Å². The quantitative estimate of drug-likeness (QED) is 0.396. The second-order valence-corrected chi connectivity index (χ2v) is 10.6. The average molecular weight is 485 g/mol. The zero-order valence-electron chi connectivity index (χ0n) is 18.7. The Kier molecular flexibility index (Phi) is 7.58. The Balaban J connectivity index is 1.59. The molecule has 0 N–H and O–H groups in total. The molecular weight excluding hydrogens is 456 g/mol. The van der Waals surface area contributed by atoms with Crippen LogP contribution in [0.5, 0.6) is 5.75 Å². The predicted molar refractivity (Wildman–Crippen MR) is 133 cm³/mol. The summed E-state index contributed by atoms with van der Waals surface area (Å²) in [5.41, 5.74) is 1.41. The lowest BCUT2D eigenvalue weighted by molar-refractivity contribution is 0.232. The summed E-state index contributed by atoms with van der Waals surface area (Å²) < 4.78 is 34.8. The highest BCUT2D eigenvalue weighted by Gasteiger charge is 2.26. The zero-order valence-corrected chi connectivity index (χ0v) is 20.3.